The van der Waals surface area contributed by atoms with Crippen molar-refractivity contribution in [3.8, 4) is 0 Å². The summed E-state index contributed by atoms with van der Waals surface area (Å²) in [7, 11) is 5.45. The van der Waals surface area contributed by atoms with E-state index in [4.69, 9.17) is 9.47 Å². The molecule has 1 aromatic rings. The predicted octanol–water partition coefficient (Wildman–Crippen LogP) is 1.02. The van der Waals surface area contributed by atoms with Crippen LogP contribution in [0.2, 0.25) is 0 Å². The van der Waals surface area contributed by atoms with Crippen LogP contribution in [0.15, 0.2) is 17.4 Å². The van der Waals surface area contributed by atoms with Crippen LogP contribution in [-0.2, 0) is 16.5 Å². The van der Waals surface area contributed by atoms with Crippen molar-refractivity contribution in [1.82, 2.24) is 20.0 Å². The maximum atomic E-state index is 5.85. The van der Waals surface area contributed by atoms with Gasteiger partial charge in [-0.05, 0) is 6.42 Å². The average molecular weight is 423 g/mol. The molecule has 1 atom stereocenters. The fraction of sp³-hybridized carbons (Fsp3) is 0.714. The van der Waals surface area contributed by atoms with E-state index in [0.717, 1.165) is 44.2 Å². The van der Waals surface area contributed by atoms with E-state index in [-0.39, 0.29) is 30.1 Å². The number of aliphatic imine (C=N–C) groups is 1. The highest BCUT2D eigenvalue weighted by Gasteiger charge is 2.24. The van der Waals surface area contributed by atoms with E-state index in [1.54, 1.807) is 11.8 Å². The van der Waals surface area contributed by atoms with Crippen LogP contribution in [0.1, 0.15) is 18.1 Å². The number of hydrogen-bond donors (Lipinski definition) is 1. The van der Waals surface area contributed by atoms with E-state index in [0.29, 0.717) is 6.61 Å². The van der Waals surface area contributed by atoms with Crippen molar-refractivity contribution in [2.75, 3.05) is 47.0 Å². The Bertz CT molecular complexity index is 466. The van der Waals surface area contributed by atoms with Crippen molar-refractivity contribution in [2.24, 2.45) is 12.0 Å². The minimum absolute atomic E-state index is 0. The number of guanidine groups is 1. The molecule has 0 aromatic carbocycles. The van der Waals surface area contributed by atoms with Crippen molar-refractivity contribution in [3.63, 3.8) is 0 Å². The summed E-state index contributed by atoms with van der Waals surface area (Å²) in [5.74, 6) is 0.920. The number of aryl methyl sites for hydroxylation is 1. The van der Waals surface area contributed by atoms with Gasteiger partial charge < -0.3 is 19.7 Å². The average Bonchev–Trinajstić information content (AvgIpc) is 2.94. The Morgan fingerprint density at radius 1 is 1.59 bits per heavy atom. The third kappa shape index (κ3) is 5.40. The maximum Gasteiger partial charge on any atom is 0.193 e. The number of aromatic nitrogens is 2. The summed E-state index contributed by atoms with van der Waals surface area (Å²) in [6.45, 7) is 3.94. The molecule has 1 aromatic heterocycles. The summed E-state index contributed by atoms with van der Waals surface area (Å²) in [5, 5.41) is 7.58. The third-order valence-electron chi connectivity index (χ3n) is 3.48. The van der Waals surface area contributed by atoms with Crippen LogP contribution in [0.4, 0.5) is 0 Å². The molecule has 0 aliphatic carbocycles. The molecular weight excluding hydrogens is 397 g/mol. The molecule has 0 spiro atoms. The quantitative estimate of drug-likeness (QED) is 0.332. The van der Waals surface area contributed by atoms with E-state index in [1.807, 2.05) is 26.5 Å². The lowest BCUT2D eigenvalue weighted by Gasteiger charge is -2.34. The Morgan fingerprint density at radius 3 is 3.05 bits per heavy atom. The lowest BCUT2D eigenvalue weighted by Crippen LogP contribution is -2.48. The molecule has 1 fully saturated rings. The number of ether oxygens (including phenoxy) is 2. The van der Waals surface area contributed by atoms with Gasteiger partial charge in [-0.2, -0.15) is 5.10 Å². The molecule has 7 nitrogen and oxygen atoms in total. The Hall–Kier alpha value is -0.870. The first kappa shape index (κ1) is 19.2. The molecule has 0 bridgehead atoms. The second-order valence-electron chi connectivity index (χ2n) is 5.07. The number of halogens is 1. The van der Waals surface area contributed by atoms with Gasteiger partial charge in [0.05, 0.1) is 19.3 Å². The molecule has 22 heavy (non-hydrogen) atoms. The van der Waals surface area contributed by atoms with Crippen LogP contribution in [-0.4, -0.2) is 67.6 Å². The van der Waals surface area contributed by atoms with Crippen LogP contribution in [0.25, 0.3) is 0 Å². The van der Waals surface area contributed by atoms with Gasteiger partial charge in [0, 0.05) is 52.7 Å². The summed E-state index contributed by atoms with van der Waals surface area (Å²) >= 11 is 0. The van der Waals surface area contributed by atoms with Crippen LogP contribution >= 0.6 is 24.0 Å². The zero-order valence-electron chi connectivity index (χ0n) is 13.5. The number of hydrogen-bond acceptors (Lipinski definition) is 4. The molecule has 2 rings (SSSR count). The number of nitrogens with zero attached hydrogens (tertiary/aromatic N) is 4. The van der Waals surface area contributed by atoms with Gasteiger partial charge in [-0.3, -0.25) is 9.67 Å². The SMILES string of the molecule is CN=C(NCCCOC)N1CCOC(c2cnn(C)c2)C1.I. The van der Waals surface area contributed by atoms with E-state index >= 15 is 0 Å². The molecular formula is C14H26IN5O2. The predicted molar refractivity (Wildman–Crippen MR) is 96.7 cm³/mol. The zero-order valence-corrected chi connectivity index (χ0v) is 15.8. The summed E-state index contributed by atoms with van der Waals surface area (Å²) in [5.41, 5.74) is 1.11. The van der Waals surface area contributed by atoms with Gasteiger partial charge in [-0.1, -0.05) is 0 Å². The van der Waals surface area contributed by atoms with E-state index in [9.17, 15) is 0 Å². The minimum Gasteiger partial charge on any atom is -0.385 e. The van der Waals surface area contributed by atoms with Crippen molar-refractivity contribution in [2.45, 2.75) is 12.5 Å². The molecule has 2 heterocycles. The highest BCUT2D eigenvalue weighted by Crippen LogP contribution is 2.21. The highest BCUT2D eigenvalue weighted by molar-refractivity contribution is 14.0. The molecule has 1 unspecified atom stereocenters. The van der Waals surface area contributed by atoms with Gasteiger partial charge in [0.1, 0.15) is 6.10 Å². The van der Waals surface area contributed by atoms with Gasteiger partial charge >= 0.3 is 0 Å². The van der Waals surface area contributed by atoms with Crippen molar-refractivity contribution in [1.29, 1.82) is 0 Å². The highest BCUT2D eigenvalue weighted by atomic mass is 127. The molecule has 1 aliphatic rings. The van der Waals surface area contributed by atoms with Gasteiger partial charge in [0.2, 0.25) is 0 Å². The molecule has 0 saturated carbocycles. The molecule has 8 heteroatoms. The summed E-state index contributed by atoms with van der Waals surface area (Å²) in [6, 6.07) is 0. The van der Waals surface area contributed by atoms with Crippen LogP contribution in [0, 0.1) is 0 Å². The smallest absolute Gasteiger partial charge is 0.193 e. The molecule has 0 radical (unpaired) electrons. The molecule has 1 aliphatic heterocycles. The van der Waals surface area contributed by atoms with Crippen molar-refractivity contribution in [3.05, 3.63) is 18.0 Å². The van der Waals surface area contributed by atoms with Crippen LogP contribution < -0.4 is 5.32 Å². The van der Waals surface area contributed by atoms with Crippen molar-refractivity contribution < 1.29 is 9.47 Å². The summed E-state index contributed by atoms with van der Waals surface area (Å²) in [6.07, 6.45) is 4.88. The topological polar surface area (TPSA) is 63.9 Å². The van der Waals surface area contributed by atoms with Gasteiger partial charge in [0.25, 0.3) is 0 Å². The van der Waals surface area contributed by atoms with E-state index in [2.05, 4.69) is 20.3 Å². The van der Waals surface area contributed by atoms with Gasteiger partial charge in [-0.25, -0.2) is 0 Å². The second-order valence-corrected chi connectivity index (χ2v) is 5.07. The first-order valence-corrected chi connectivity index (χ1v) is 7.29. The number of morpholine rings is 1. The van der Waals surface area contributed by atoms with Crippen LogP contribution in [0.3, 0.4) is 0 Å². The largest absolute Gasteiger partial charge is 0.385 e. The summed E-state index contributed by atoms with van der Waals surface area (Å²) in [4.78, 5) is 6.59. The number of methoxy groups -OCH3 is 1. The Labute approximate surface area is 149 Å². The third-order valence-corrected chi connectivity index (χ3v) is 3.48. The van der Waals surface area contributed by atoms with Crippen molar-refractivity contribution >= 4 is 29.9 Å². The van der Waals surface area contributed by atoms with E-state index in [1.165, 1.54) is 0 Å². The normalized spacial score (nSPS) is 19.0. The monoisotopic (exact) mass is 423 g/mol. The first-order valence-electron chi connectivity index (χ1n) is 7.29. The number of rotatable bonds is 5. The molecule has 1 saturated heterocycles. The second kappa shape index (κ2) is 10.0. The maximum absolute atomic E-state index is 5.85. The minimum atomic E-state index is 0. The fourth-order valence-electron chi connectivity index (χ4n) is 2.40. The Kier molecular flexibility index (Phi) is 8.72. The fourth-order valence-corrected chi connectivity index (χ4v) is 2.40. The van der Waals surface area contributed by atoms with E-state index < -0.39 is 0 Å². The standard InChI is InChI=1S/C14H25N5O2.HI/c1-15-14(16-5-4-7-20-3)19-6-8-21-13(11-19)12-9-17-18(2)10-12;/h9-10,13H,4-8,11H2,1-3H3,(H,15,16);1H. The van der Waals surface area contributed by atoms with Crippen LogP contribution in [0.5, 0.6) is 0 Å². The van der Waals surface area contributed by atoms with Gasteiger partial charge in [-0.15, -0.1) is 24.0 Å². The number of nitrogens with one attached hydrogen (secondary N) is 1. The molecule has 126 valence electrons. The Balaban J connectivity index is 0.00000242. The summed E-state index contributed by atoms with van der Waals surface area (Å²) < 4.78 is 12.7. The van der Waals surface area contributed by atoms with Gasteiger partial charge in [0.15, 0.2) is 5.96 Å². The lowest BCUT2D eigenvalue weighted by atomic mass is 10.1. The zero-order chi connectivity index (χ0) is 15.1. The lowest BCUT2D eigenvalue weighted by molar-refractivity contribution is -0.00804. The Morgan fingerprint density at radius 2 is 2.41 bits per heavy atom. The first-order chi connectivity index (χ1) is 10.2. The molecule has 1 N–H and O–H groups in total. The molecule has 0 amide bonds.